The van der Waals surface area contributed by atoms with Gasteiger partial charge in [-0.25, -0.2) is 0 Å². The minimum Gasteiger partial charge on any atom is -0.636 e. The van der Waals surface area contributed by atoms with Gasteiger partial charge in [-0.1, -0.05) is 89.7 Å². The summed E-state index contributed by atoms with van der Waals surface area (Å²) in [5, 5.41) is 10.2. The minimum absolute atomic E-state index is 0.756. The number of rotatable bonds is 19. The van der Waals surface area contributed by atoms with Crippen LogP contribution in [0.2, 0.25) is 0 Å². The summed E-state index contributed by atoms with van der Waals surface area (Å²) in [5.41, 5.74) is 1.04. The molecule has 0 aliphatic rings. The average molecular weight is 326 g/mol. The SMILES string of the molecule is CCCCCCCC/C=C\CCCCCCCCCCC[NH2+][O-]. The van der Waals surface area contributed by atoms with E-state index in [1.807, 2.05) is 0 Å². The molecular weight excluding hydrogens is 282 g/mol. The Morgan fingerprint density at radius 3 is 1.39 bits per heavy atom. The van der Waals surface area contributed by atoms with Crippen LogP contribution >= 0.6 is 0 Å². The molecule has 0 heterocycles. The lowest BCUT2D eigenvalue weighted by Gasteiger charge is -2.03. The minimum atomic E-state index is 0.756. The Morgan fingerprint density at radius 2 is 0.957 bits per heavy atom. The number of allylic oxidation sites excluding steroid dienone is 2. The summed E-state index contributed by atoms with van der Waals surface area (Å²) < 4.78 is 0. The molecule has 0 aliphatic heterocycles. The molecule has 0 aliphatic carbocycles. The molecule has 0 radical (unpaired) electrons. The number of hydrogen-bond donors (Lipinski definition) is 1. The fourth-order valence-electron chi connectivity index (χ4n) is 3.01. The molecule has 0 spiro atoms. The lowest BCUT2D eigenvalue weighted by atomic mass is 10.1. The van der Waals surface area contributed by atoms with Crippen molar-refractivity contribution in [1.29, 1.82) is 0 Å². The molecule has 2 N–H and O–H groups in total. The van der Waals surface area contributed by atoms with Gasteiger partial charge in [-0.15, -0.1) is 0 Å². The second-order valence-corrected chi connectivity index (χ2v) is 6.95. The Bertz CT molecular complexity index is 228. The Hall–Kier alpha value is -0.340. The maximum absolute atomic E-state index is 10.2. The predicted molar refractivity (Wildman–Crippen MR) is 103 cm³/mol. The van der Waals surface area contributed by atoms with Crippen LogP contribution in [0.25, 0.3) is 0 Å². The summed E-state index contributed by atoms with van der Waals surface area (Å²) >= 11 is 0. The molecular formula is C21H43NO. The first-order valence-corrected chi connectivity index (χ1v) is 10.5. The van der Waals surface area contributed by atoms with Crippen LogP contribution in [0, 0.1) is 5.21 Å². The van der Waals surface area contributed by atoms with Crippen LogP contribution in [0.4, 0.5) is 0 Å². The van der Waals surface area contributed by atoms with Gasteiger partial charge in [-0.2, -0.15) is 0 Å². The van der Waals surface area contributed by atoms with Gasteiger partial charge in [0, 0.05) is 0 Å². The molecule has 0 unspecified atom stereocenters. The normalized spacial score (nSPS) is 11.6. The largest absolute Gasteiger partial charge is 0.636 e. The lowest BCUT2D eigenvalue weighted by Crippen LogP contribution is -2.77. The number of unbranched alkanes of at least 4 members (excludes halogenated alkanes) is 15. The van der Waals surface area contributed by atoms with Gasteiger partial charge in [-0.05, 0) is 38.5 Å². The highest BCUT2D eigenvalue weighted by atomic mass is 16.5. The van der Waals surface area contributed by atoms with Crippen molar-refractivity contribution in [2.75, 3.05) is 6.54 Å². The van der Waals surface area contributed by atoms with Gasteiger partial charge in [0.25, 0.3) is 0 Å². The van der Waals surface area contributed by atoms with E-state index in [0.717, 1.165) is 18.4 Å². The van der Waals surface area contributed by atoms with Crippen molar-refractivity contribution in [3.63, 3.8) is 0 Å². The van der Waals surface area contributed by atoms with Gasteiger partial charge in [0.2, 0.25) is 0 Å². The van der Waals surface area contributed by atoms with Crippen molar-refractivity contribution in [3.8, 4) is 0 Å². The van der Waals surface area contributed by atoms with E-state index in [1.165, 1.54) is 103 Å². The predicted octanol–water partition coefficient (Wildman–Crippen LogP) is 6.26. The van der Waals surface area contributed by atoms with E-state index < -0.39 is 0 Å². The zero-order chi connectivity index (χ0) is 16.8. The van der Waals surface area contributed by atoms with Crippen molar-refractivity contribution in [2.45, 2.75) is 116 Å². The molecule has 2 nitrogen and oxygen atoms in total. The third-order valence-corrected chi connectivity index (χ3v) is 4.58. The first-order chi connectivity index (χ1) is 11.4. The molecule has 0 atom stereocenters. The van der Waals surface area contributed by atoms with Crippen molar-refractivity contribution in [1.82, 2.24) is 0 Å². The number of hydroxylamine groups is 1. The highest BCUT2D eigenvalue weighted by Crippen LogP contribution is 2.11. The molecule has 0 saturated carbocycles. The Kier molecular flexibility index (Phi) is 21.3. The highest BCUT2D eigenvalue weighted by Gasteiger charge is 1.93. The van der Waals surface area contributed by atoms with Crippen LogP contribution in [0.1, 0.15) is 116 Å². The molecule has 2 heteroatoms. The van der Waals surface area contributed by atoms with E-state index in [9.17, 15) is 5.21 Å². The molecule has 0 aromatic heterocycles. The third kappa shape index (κ3) is 21.7. The molecule has 0 bridgehead atoms. The molecule has 0 rings (SSSR count). The first-order valence-electron chi connectivity index (χ1n) is 10.5. The van der Waals surface area contributed by atoms with E-state index >= 15 is 0 Å². The molecule has 0 fully saturated rings. The van der Waals surface area contributed by atoms with Gasteiger partial charge in [0.15, 0.2) is 0 Å². The van der Waals surface area contributed by atoms with Crippen LogP contribution in [0.3, 0.4) is 0 Å². The van der Waals surface area contributed by atoms with E-state index in [2.05, 4.69) is 19.1 Å². The van der Waals surface area contributed by atoms with E-state index in [0.29, 0.717) is 0 Å². The van der Waals surface area contributed by atoms with Crippen molar-refractivity contribution < 1.29 is 5.48 Å². The van der Waals surface area contributed by atoms with Gasteiger partial charge in [0.1, 0.15) is 0 Å². The third-order valence-electron chi connectivity index (χ3n) is 4.58. The summed E-state index contributed by atoms with van der Waals surface area (Å²) in [4.78, 5) is 0. The second kappa shape index (κ2) is 21.7. The van der Waals surface area contributed by atoms with Crippen LogP contribution < -0.4 is 5.48 Å². The maximum atomic E-state index is 10.2. The Morgan fingerprint density at radius 1 is 0.565 bits per heavy atom. The Labute approximate surface area is 146 Å². The summed E-state index contributed by atoms with van der Waals surface area (Å²) in [5.74, 6) is 0. The second-order valence-electron chi connectivity index (χ2n) is 6.95. The number of nitrogens with two attached hydrogens (primary N) is 1. The molecule has 0 saturated heterocycles. The average Bonchev–Trinajstić information content (AvgIpc) is 2.57. The summed E-state index contributed by atoms with van der Waals surface area (Å²) in [7, 11) is 0. The van der Waals surface area contributed by atoms with Crippen LogP contribution in [-0.2, 0) is 0 Å². The van der Waals surface area contributed by atoms with Gasteiger partial charge < -0.3 is 10.7 Å². The zero-order valence-corrected chi connectivity index (χ0v) is 15.9. The summed E-state index contributed by atoms with van der Waals surface area (Å²) in [6, 6.07) is 0. The Balaban J connectivity index is 3.02. The van der Waals surface area contributed by atoms with Gasteiger partial charge in [0.05, 0.1) is 6.54 Å². The monoisotopic (exact) mass is 325 g/mol. The standard InChI is InChI=1S/C21H43NO/c1-2-3-4-5-6-7-8-9-10-11-12-13-14-15-16-17-18-19-20-21-22-23/h9-10H,2-8,11-22H2,1H3/b10-9-. The van der Waals surface area contributed by atoms with Crippen LogP contribution in [-0.4, -0.2) is 6.54 Å². The number of quaternary nitrogens is 1. The fourth-order valence-corrected chi connectivity index (χ4v) is 3.01. The molecule has 138 valence electrons. The smallest absolute Gasteiger partial charge is 0.0752 e. The number of hydrogen-bond acceptors (Lipinski definition) is 1. The van der Waals surface area contributed by atoms with Crippen molar-refractivity contribution >= 4 is 0 Å². The van der Waals surface area contributed by atoms with Gasteiger partial charge in [-0.3, -0.25) is 0 Å². The van der Waals surface area contributed by atoms with Crippen molar-refractivity contribution in [3.05, 3.63) is 17.4 Å². The van der Waals surface area contributed by atoms with Crippen molar-refractivity contribution in [2.24, 2.45) is 0 Å². The van der Waals surface area contributed by atoms with Crippen LogP contribution in [0.15, 0.2) is 12.2 Å². The molecule has 0 amide bonds. The van der Waals surface area contributed by atoms with E-state index in [4.69, 9.17) is 0 Å². The van der Waals surface area contributed by atoms with Crippen LogP contribution in [0.5, 0.6) is 0 Å². The summed E-state index contributed by atoms with van der Waals surface area (Å²) in [6.45, 7) is 3.03. The molecule has 0 aromatic carbocycles. The van der Waals surface area contributed by atoms with E-state index in [-0.39, 0.29) is 0 Å². The molecule has 23 heavy (non-hydrogen) atoms. The van der Waals surface area contributed by atoms with E-state index in [1.54, 1.807) is 0 Å². The first kappa shape index (κ1) is 22.7. The topological polar surface area (TPSA) is 39.7 Å². The highest BCUT2D eigenvalue weighted by molar-refractivity contribution is 4.81. The quantitative estimate of drug-likeness (QED) is 0.170. The maximum Gasteiger partial charge on any atom is 0.0752 e. The lowest BCUT2D eigenvalue weighted by molar-refractivity contribution is -0.589. The fraction of sp³-hybridized carbons (Fsp3) is 0.905. The molecule has 0 aromatic rings. The zero-order valence-electron chi connectivity index (χ0n) is 15.9. The summed E-state index contributed by atoms with van der Waals surface area (Å²) in [6.07, 6.45) is 27.7. The van der Waals surface area contributed by atoms with Gasteiger partial charge >= 0.3 is 0 Å².